The van der Waals surface area contributed by atoms with E-state index in [2.05, 4.69) is 29.2 Å². The molecule has 2 unspecified atom stereocenters. The first kappa shape index (κ1) is 14.7. The van der Waals surface area contributed by atoms with Gasteiger partial charge in [0.05, 0.1) is 5.41 Å². The first-order valence-electron chi connectivity index (χ1n) is 8.18. The van der Waals surface area contributed by atoms with Crippen molar-refractivity contribution in [2.24, 2.45) is 27.3 Å². The number of amides is 1. The molecule has 1 amide bonds. The molecule has 0 aromatic carbocycles. The molecule has 1 N–H and O–H groups in total. The van der Waals surface area contributed by atoms with E-state index in [1.807, 2.05) is 0 Å². The monoisotopic (exact) mass is 290 g/mol. The minimum absolute atomic E-state index is 0.124. The lowest BCUT2D eigenvalue weighted by Crippen LogP contribution is -2.59. The summed E-state index contributed by atoms with van der Waals surface area (Å²) in [6.07, 6.45) is 7.86. The van der Waals surface area contributed by atoms with Gasteiger partial charge in [0, 0.05) is 18.0 Å². The van der Waals surface area contributed by atoms with Crippen LogP contribution in [-0.2, 0) is 4.79 Å². The molecule has 5 nitrogen and oxygen atoms in total. The highest BCUT2D eigenvalue weighted by molar-refractivity contribution is 5.83. The van der Waals surface area contributed by atoms with E-state index in [-0.39, 0.29) is 11.3 Å². The summed E-state index contributed by atoms with van der Waals surface area (Å²) in [5.74, 6) is 0.996. The number of nitrogens with one attached hydrogen (secondary N) is 1. The molecule has 4 fully saturated rings. The van der Waals surface area contributed by atoms with Gasteiger partial charge in [-0.15, -0.1) is 0 Å². The first-order valence-corrected chi connectivity index (χ1v) is 8.18. The van der Waals surface area contributed by atoms with Crippen molar-refractivity contribution in [3.05, 3.63) is 10.4 Å². The average molecular weight is 290 g/mol. The second-order valence-corrected chi connectivity index (χ2v) is 8.47. The number of hydrogen-bond acceptors (Lipinski definition) is 2. The lowest BCUT2D eigenvalue weighted by Gasteiger charge is -2.64. The molecule has 4 bridgehead atoms. The molecule has 4 rings (SSSR count). The van der Waals surface area contributed by atoms with Crippen LogP contribution in [0.15, 0.2) is 5.11 Å². The van der Waals surface area contributed by atoms with E-state index in [0.29, 0.717) is 23.9 Å². The maximum atomic E-state index is 12.8. The lowest BCUT2D eigenvalue weighted by atomic mass is 9.40. The highest BCUT2D eigenvalue weighted by Gasteiger charge is 2.62. The van der Waals surface area contributed by atoms with Gasteiger partial charge in [-0.1, -0.05) is 19.0 Å². The summed E-state index contributed by atoms with van der Waals surface area (Å²) >= 11 is 0. The predicted octanol–water partition coefficient (Wildman–Crippen LogP) is 3.80. The molecule has 4 aliphatic rings. The van der Waals surface area contributed by atoms with Crippen LogP contribution in [0, 0.1) is 22.2 Å². The zero-order valence-electron chi connectivity index (χ0n) is 13.2. The molecule has 116 valence electrons. The van der Waals surface area contributed by atoms with E-state index in [9.17, 15) is 4.79 Å². The van der Waals surface area contributed by atoms with Crippen LogP contribution in [0.1, 0.15) is 58.8 Å². The maximum absolute atomic E-state index is 12.8. The Morgan fingerprint density at radius 3 is 2.48 bits per heavy atom. The standard InChI is InChI=1S/C16H26N4O/c1-14-6-12-7-15(2,9-14)11-16(8-12,10-14)13(21)18-4-3-5-19-20-17/h12H,3-11H2,1-2H3,(H,18,21). The van der Waals surface area contributed by atoms with Crippen molar-refractivity contribution >= 4 is 5.91 Å². The lowest BCUT2D eigenvalue weighted by molar-refractivity contribution is -0.170. The normalized spacial score (nSPS) is 43.4. The quantitative estimate of drug-likeness (QED) is 0.355. The minimum Gasteiger partial charge on any atom is -0.356 e. The Hall–Kier alpha value is -1.22. The molecule has 0 aromatic rings. The van der Waals surface area contributed by atoms with Crippen LogP contribution < -0.4 is 5.32 Å². The summed E-state index contributed by atoms with van der Waals surface area (Å²) in [5, 5.41) is 6.62. The predicted molar refractivity (Wildman–Crippen MR) is 81.5 cm³/mol. The van der Waals surface area contributed by atoms with Gasteiger partial charge in [-0.2, -0.15) is 0 Å². The van der Waals surface area contributed by atoms with Crippen molar-refractivity contribution in [1.29, 1.82) is 0 Å². The Morgan fingerprint density at radius 1 is 1.24 bits per heavy atom. The molecule has 0 aliphatic heterocycles. The van der Waals surface area contributed by atoms with Crippen LogP contribution in [0.3, 0.4) is 0 Å². The van der Waals surface area contributed by atoms with Crippen LogP contribution in [0.4, 0.5) is 0 Å². The number of hydrogen-bond donors (Lipinski definition) is 1. The van der Waals surface area contributed by atoms with Gasteiger partial charge in [0.1, 0.15) is 0 Å². The SMILES string of the molecule is CC12CC3CC(C)(C1)CC(C(=O)NCCCN=[N+]=[N-])(C3)C2. The van der Waals surface area contributed by atoms with Crippen molar-refractivity contribution in [3.63, 3.8) is 0 Å². The largest absolute Gasteiger partial charge is 0.356 e. The summed E-state index contributed by atoms with van der Waals surface area (Å²) in [7, 11) is 0. The van der Waals surface area contributed by atoms with Gasteiger partial charge in [0.2, 0.25) is 5.91 Å². The molecule has 2 atom stereocenters. The van der Waals surface area contributed by atoms with Crippen molar-refractivity contribution in [3.8, 4) is 0 Å². The Balaban J connectivity index is 1.66. The smallest absolute Gasteiger partial charge is 0.226 e. The molecule has 4 saturated carbocycles. The molecule has 0 saturated heterocycles. The Bertz CT molecular complexity index is 479. The van der Waals surface area contributed by atoms with Crippen LogP contribution in [0.5, 0.6) is 0 Å². The number of rotatable bonds is 5. The van der Waals surface area contributed by atoms with Gasteiger partial charge >= 0.3 is 0 Å². The molecule has 0 heterocycles. The van der Waals surface area contributed by atoms with E-state index in [0.717, 1.165) is 31.6 Å². The molecule has 21 heavy (non-hydrogen) atoms. The van der Waals surface area contributed by atoms with Gasteiger partial charge in [-0.25, -0.2) is 0 Å². The summed E-state index contributed by atoms with van der Waals surface area (Å²) < 4.78 is 0. The van der Waals surface area contributed by atoms with Gasteiger partial charge in [-0.3, -0.25) is 4.79 Å². The number of nitrogens with zero attached hydrogens (tertiary/aromatic N) is 3. The summed E-state index contributed by atoms with van der Waals surface area (Å²) in [5.41, 5.74) is 8.88. The van der Waals surface area contributed by atoms with E-state index >= 15 is 0 Å². The average Bonchev–Trinajstić information content (AvgIpc) is 2.33. The topological polar surface area (TPSA) is 77.9 Å². The second kappa shape index (κ2) is 4.91. The molecule has 4 aliphatic carbocycles. The Morgan fingerprint density at radius 2 is 1.90 bits per heavy atom. The third-order valence-electron chi connectivity index (χ3n) is 5.89. The highest BCUT2D eigenvalue weighted by Crippen LogP contribution is 2.69. The van der Waals surface area contributed by atoms with Gasteiger partial charge < -0.3 is 5.32 Å². The fourth-order valence-corrected chi connectivity index (χ4v) is 6.28. The number of carbonyl (C=O) groups excluding carboxylic acids is 1. The molecule has 0 spiro atoms. The molecule has 5 heteroatoms. The van der Waals surface area contributed by atoms with E-state index < -0.39 is 0 Å². The third kappa shape index (κ3) is 2.64. The van der Waals surface area contributed by atoms with Gasteiger partial charge in [0.25, 0.3) is 0 Å². The zero-order valence-corrected chi connectivity index (χ0v) is 13.2. The van der Waals surface area contributed by atoms with Crippen LogP contribution in [0.2, 0.25) is 0 Å². The van der Waals surface area contributed by atoms with Crippen molar-refractivity contribution < 1.29 is 4.79 Å². The fraction of sp³-hybridized carbons (Fsp3) is 0.938. The third-order valence-corrected chi connectivity index (χ3v) is 5.89. The van der Waals surface area contributed by atoms with Crippen molar-refractivity contribution in [2.45, 2.75) is 58.8 Å². The van der Waals surface area contributed by atoms with Crippen LogP contribution >= 0.6 is 0 Å². The molecular weight excluding hydrogens is 264 g/mol. The minimum atomic E-state index is -0.124. The molecule has 0 radical (unpaired) electrons. The summed E-state index contributed by atoms with van der Waals surface area (Å²) in [6.45, 7) is 5.86. The summed E-state index contributed by atoms with van der Waals surface area (Å²) in [4.78, 5) is 15.5. The highest BCUT2D eigenvalue weighted by atomic mass is 16.2. The van der Waals surface area contributed by atoms with Gasteiger partial charge in [-0.05, 0) is 67.2 Å². The second-order valence-electron chi connectivity index (χ2n) is 8.47. The Labute approximate surface area is 126 Å². The van der Waals surface area contributed by atoms with E-state index in [1.54, 1.807) is 0 Å². The maximum Gasteiger partial charge on any atom is 0.226 e. The fourth-order valence-electron chi connectivity index (χ4n) is 6.28. The molecule has 0 aromatic heterocycles. The van der Waals surface area contributed by atoms with E-state index in [1.165, 1.54) is 19.3 Å². The van der Waals surface area contributed by atoms with Crippen LogP contribution in [-0.4, -0.2) is 19.0 Å². The Kier molecular flexibility index (Phi) is 3.44. The van der Waals surface area contributed by atoms with Gasteiger partial charge in [0.15, 0.2) is 0 Å². The first-order chi connectivity index (χ1) is 9.89. The van der Waals surface area contributed by atoms with Crippen LogP contribution in [0.25, 0.3) is 10.4 Å². The number of carbonyl (C=O) groups is 1. The van der Waals surface area contributed by atoms with E-state index in [4.69, 9.17) is 5.53 Å². The number of azide groups is 1. The summed E-state index contributed by atoms with van der Waals surface area (Å²) in [6, 6.07) is 0. The molecular formula is C16H26N4O. The van der Waals surface area contributed by atoms with Crippen molar-refractivity contribution in [1.82, 2.24) is 5.32 Å². The van der Waals surface area contributed by atoms with Crippen molar-refractivity contribution in [2.75, 3.05) is 13.1 Å². The zero-order chi connectivity index (χ0) is 15.1.